The lowest BCUT2D eigenvalue weighted by Crippen LogP contribution is -2.48. The highest BCUT2D eigenvalue weighted by Crippen LogP contribution is 2.36. The van der Waals surface area contributed by atoms with E-state index in [1.165, 1.54) is 27.6 Å². The molecule has 1 fully saturated rings. The molecule has 3 aromatic rings. The summed E-state index contributed by atoms with van der Waals surface area (Å²) in [5.41, 5.74) is 5.38. The first-order valence-corrected chi connectivity index (χ1v) is 10.9. The van der Waals surface area contributed by atoms with Gasteiger partial charge in [-0.05, 0) is 48.9 Å². The third-order valence-electron chi connectivity index (χ3n) is 6.35. The van der Waals surface area contributed by atoms with Crippen molar-refractivity contribution >= 4 is 16.9 Å². The van der Waals surface area contributed by atoms with Crippen LogP contribution in [0.15, 0.2) is 59.7 Å². The van der Waals surface area contributed by atoms with Crippen molar-refractivity contribution in [1.82, 2.24) is 15.6 Å². The summed E-state index contributed by atoms with van der Waals surface area (Å²) in [6, 6.07) is 17.2. The average molecular weight is 405 g/mol. The van der Waals surface area contributed by atoms with E-state index in [1.807, 2.05) is 7.05 Å². The van der Waals surface area contributed by atoms with Crippen LogP contribution in [0.1, 0.15) is 29.5 Å². The Morgan fingerprint density at radius 1 is 1.07 bits per heavy atom. The van der Waals surface area contributed by atoms with E-state index in [1.54, 1.807) is 0 Å². The number of H-pyrrole nitrogens is 1. The van der Waals surface area contributed by atoms with Crippen LogP contribution in [0.5, 0.6) is 0 Å². The monoisotopic (exact) mass is 404 g/mol. The quantitative estimate of drug-likeness (QED) is 0.431. The Morgan fingerprint density at radius 3 is 2.63 bits per heavy atom. The summed E-state index contributed by atoms with van der Waals surface area (Å²) < 4.78 is 5.68. The number of ether oxygens (including phenoxy) is 1. The van der Waals surface area contributed by atoms with Gasteiger partial charge in [0, 0.05) is 55.9 Å². The van der Waals surface area contributed by atoms with Crippen LogP contribution in [-0.2, 0) is 16.6 Å². The molecule has 2 heterocycles. The number of benzene rings is 2. The number of hydrogen-bond donors (Lipinski definition) is 3. The number of aryl methyl sites for hydroxylation is 1. The maximum Gasteiger partial charge on any atom is 0.191 e. The minimum absolute atomic E-state index is 0.0814. The summed E-state index contributed by atoms with van der Waals surface area (Å²) in [6.45, 7) is 5.52. The predicted molar refractivity (Wildman–Crippen MR) is 124 cm³/mol. The lowest BCUT2D eigenvalue weighted by Gasteiger charge is -2.39. The van der Waals surface area contributed by atoms with Crippen molar-refractivity contribution < 1.29 is 4.74 Å². The first-order chi connectivity index (χ1) is 14.7. The van der Waals surface area contributed by atoms with Crippen LogP contribution >= 0.6 is 0 Å². The number of aliphatic imine (C=N–C) groups is 1. The second-order valence-corrected chi connectivity index (χ2v) is 8.17. The van der Waals surface area contributed by atoms with E-state index in [4.69, 9.17) is 4.74 Å². The van der Waals surface area contributed by atoms with E-state index in [2.05, 4.69) is 82.3 Å². The van der Waals surface area contributed by atoms with Crippen molar-refractivity contribution in [2.24, 2.45) is 4.99 Å². The second-order valence-electron chi connectivity index (χ2n) is 8.17. The van der Waals surface area contributed by atoms with Crippen LogP contribution in [0.3, 0.4) is 0 Å². The predicted octanol–water partition coefficient (Wildman–Crippen LogP) is 3.93. The molecule has 0 radical (unpaired) electrons. The zero-order chi connectivity index (χ0) is 20.8. The van der Waals surface area contributed by atoms with E-state index in [-0.39, 0.29) is 5.41 Å². The Kier molecular flexibility index (Phi) is 6.38. The van der Waals surface area contributed by atoms with Crippen LogP contribution in [0.2, 0.25) is 0 Å². The van der Waals surface area contributed by atoms with Crippen LogP contribution in [0, 0.1) is 6.92 Å². The van der Waals surface area contributed by atoms with E-state index < -0.39 is 0 Å². The molecule has 1 aliphatic heterocycles. The molecule has 5 nitrogen and oxygen atoms in total. The van der Waals surface area contributed by atoms with Gasteiger partial charge in [0.1, 0.15) is 0 Å². The number of hydrogen-bond acceptors (Lipinski definition) is 2. The minimum atomic E-state index is 0.0814. The molecule has 4 rings (SSSR count). The Labute approximate surface area is 178 Å². The molecule has 0 unspecified atom stereocenters. The van der Waals surface area contributed by atoms with Crippen LogP contribution in [0.25, 0.3) is 10.9 Å². The summed E-state index contributed by atoms with van der Waals surface area (Å²) in [6.07, 6.45) is 5.10. The van der Waals surface area contributed by atoms with Gasteiger partial charge in [0.05, 0.1) is 0 Å². The molecular weight excluding hydrogens is 372 g/mol. The van der Waals surface area contributed by atoms with E-state index >= 15 is 0 Å². The minimum Gasteiger partial charge on any atom is -0.381 e. The highest BCUT2D eigenvalue weighted by atomic mass is 16.5. The van der Waals surface area contributed by atoms with Gasteiger partial charge in [-0.15, -0.1) is 0 Å². The number of aromatic nitrogens is 1. The number of fused-ring (bicyclic) bond motifs is 1. The van der Waals surface area contributed by atoms with Gasteiger partial charge in [0.25, 0.3) is 0 Å². The van der Waals surface area contributed by atoms with Crippen LogP contribution in [0.4, 0.5) is 0 Å². The molecule has 5 heteroatoms. The van der Waals surface area contributed by atoms with Crippen molar-refractivity contribution in [3.63, 3.8) is 0 Å². The molecule has 3 N–H and O–H groups in total. The van der Waals surface area contributed by atoms with Gasteiger partial charge >= 0.3 is 0 Å². The molecule has 0 bridgehead atoms. The van der Waals surface area contributed by atoms with Crippen molar-refractivity contribution in [2.45, 2.75) is 31.6 Å². The van der Waals surface area contributed by atoms with E-state index in [9.17, 15) is 0 Å². The largest absolute Gasteiger partial charge is 0.381 e. The Balaban J connectivity index is 1.38. The Hall–Kier alpha value is -2.79. The highest BCUT2D eigenvalue weighted by Gasteiger charge is 2.35. The van der Waals surface area contributed by atoms with Gasteiger partial charge in [0.15, 0.2) is 5.96 Å². The van der Waals surface area contributed by atoms with Gasteiger partial charge in [-0.3, -0.25) is 4.99 Å². The standard InChI is InChI=1S/C25H32N4O/c1-19-7-3-5-9-22(19)25(12-15-30-16-13-25)18-29-24(26-2)27-14-11-20-17-28-23-10-6-4-8-21(20)23/h3-10,17,28H,11-16,18H2,1-2H3,(H2,26,27,29). The summed E-state index contributed by atoms with van der Waals surface area (Å²) in [5.74, 6) is 0.856. The Bertz CT molecular complexity index is 1000. The lowest BCUT2D eigenvalue weighted by molar-refractivity contribution is 0.0512. The average Bonchev–Trinajstić information content (AvgIpc) is 3.20. The fraction of sp³-hybridized carbons (Fsp3) is 0.400. The maximum absolute atomic E-state index is 5.68. The summed E-state index contributed by atoms with van der Waals surface area (Å²) >= 11 is 0. The third-order valence-corrected chi connectivity index (χ3v) is 6.35. The fourth-order valence-corrected chi connectivity index (χ4v) is 4.60. The molecule has 1 aliphatic rings. The SMILES string of the molecule is CN=C(NCCc1c[nH]c2ccccc12)NCC1(c2ccccc2C)CCOCC1. The molecule has 0 saturated carbocycles. The number of para-hydroxylation sites is 1. The number of rotatable bonds is 6. The maximum atomic E-state index is 5.68. The van der Waals surface area contributed by atoms with Crippen LogP contribution in [-0.4, -0.2) is 44.3 Å². The molecule has 2 aromatic carbocycles. The summed E-state index contributed by atoms with van der Waals surface area (Å²) in [7, 11) is 1.84. The molecule has 0 aliphatic carbocycles. The third kappa shape index (κ3) is 4.36. The summed E-state index contributed by atoms with van der Waals surface area (Å²) in [5, 5.41) is 8.38. The fourth-order valence-electron chi connectivity index (χ4n) is 4.60. The molecule has 0 spiro atoms. The van der Waals surface area contributed by atoms with Gasteiger partial charge in [-0.2, -0.15) is 0 Å². The molecule has 30 heavy (non-hydrogen) atoms. The number of guanidine groups is 1. The molecule has 158 valence electrons. The van der Waals surface area contributed by atoms with Crippen molar-refractivity contribution in [3.8, 4) is 0 Å². The van der Waals surface area contributed by atoms with Crippen LogP contribution < -0.4 is 10.6 Å². The van der Waals surface area contributed by atoms with Gasteiger partial charge < -0.3 is 20.4 Å². The van der Waals surface area contributed by atoms with Crippen molar-refractivity contribution in [1.29, 1.82) is 0 Å². The number of nitrogens with zero attached hydrogens (tertiary/aromatic N) is 1. The zero-order valence-corrected chi connectivity index (χ0v) is 18.0. The van der Waals surface area contributed by atoms with Crippen molar-refractivity contribution in [2.75, 3.05) is 33.4 Å². The number of aromatic amines is 1. The van der Waals surface area contributed by atoms with E-state index in [0.29, 0.717) is 0 Å². The number of nitrogens with one attached hydrogen (secondary N) is 3. The van der Waals surface area contributed by atoms with Gasteiger partial charge in [0.2, 0.25) is 0 Å². The summed E-state index contributed by atoms with van der Waals surface area (Å²) in [4.78, 5) is 7.81. The van der Waals surface area contributed by atoms with Gasteiger partial charge in [-0.25, -0.2) is 0 Å². The lowest BCUT2D eigenvalue weighted by atomic mass is 9.72. The highest BCUT2D eigenvalue weighted by molar-refractivity contribution is 5.83. The molecule has 0 atom stereocenters. The van der Waals surface area contributed by atoms with Gasteiger partial charge in [-0.1, -0.05) is 42.5 Å². The normalized spacial score (nSPS) is 16.5. The topological polar surface area (TPSA) is 61.4 Å². The Morgan fingerprint density at radius 2 is 1.83 bits per heavy atom. The molecule has 1 aromatic heterocycles. The van der Waals surface area contributed by atoms with Crippen molar-refractivity contribution in [3.05, 3.63) is 71.4 Å². The molecule has 1 saturated heterocycles. The smallest absolute Gasteiger partial charge is 0.191 e. The molecule has 0 amide bonds. The zero-order valence-electron chi connectivity index (χ0n) is 18.0. The van der Waals surface area contributed by atoms with E-state index in [0.717, 1.165) is 51.5 Å². The first-order valence-electron chi connectivity index (χ1n) is 10.9. The molecular formula is C25H32N4O. The second kappa shape index (κ2) is 9.35. The first kappa shape index (κ1) is 20.5.